The number of urea groups is 1. The van der Waals surface area contributed by atoms with Gasteiger partial charge in [0.2, 0.25) is 0 Å². The topological polar surface area (TPSA) is 59.0 Å². The summed E-state index contributed by atoms with van der Waals surface area (Å²) in [5, 5.41) is 9.75. The summed E-state index contributed by atoms with van der Waals surface area (Å²) in [6.45, 7) is 0.534. The van der Waals surface area contributed by atoms with Crippen LogP contribution in [0.15, 0.2) is 12.4 Å². The molecule has 1 aromatic rings. The first-order valence-corrected chi connectivity index (χ1v) is 5.26. The third-order valence-electron chi connectivity index (χ3n) is 2.65. The van der Waals surface area contributed by atoms with E-state index in [-0.39, 0.29) is 6.03 Å². The quantitative estimate of drug-likeness (QED) is 0.771. The van der Waals surface area contributed by atoms with Crippen LogP contribution in [-0.2, 0) is 13.6 Å². The number of carbonyl (C=O) groups is 1. The zero-order valence-electron chi connectivity index (χ0n) is 8.86. The fraction of sp³-hybridized carbons (Fsp3) is 0.600. The zero-order chi connectivity index (χ0) is 10.7. The lowest BCUT2D eigenvalue weighted by Gasteiger charge is -2.26. The van der Waals surface area contributed by atoms with Crippen LogP contribution < -0.4 is 10.6 Å². The lowest BCUT2D eigenvalue weighted by molar-refractivity contribution is 0.228. The lowest BCUT2D eigenvalue weighted by Crippen LogP contribution is -2.44. The summed E-state index contributed by atoms with van der Waals surface area (Å²) < 4.78 is 1.72. The van der Waals surface area contributed by atoms with Gasteiger partial charge in [-0.25, -0.2) is 4.79 Å². The van der Waals surface area contributed by atoms with Gasteiger partial charge in [-0.1, -0.05) is 0 Å². The summed E-state index contributed by atoms with van der Waals surface area (Å²) in [7, 11) is 1.86. The van der Waals surface area contributed by atoms with Crippen molar-refractivity contribution < 1.29 is 4.79 Å². The van der Waals surface area contributed by atoms with Crippen LogP contribution in [0.3, 0.4) is 0 Å². The molecule has 5 heteroatoms. The SMILES string of the molecule is Cn1cc(CNC(=O)NC2CCC2)cn1. The zero-order valence-corrected chi connectivity index (χ0v) is 8.86. The molecule has 0 radical (unpaired) electrons. The number of nitrogens with one attached hydrogen (secondary N) is 2. The van der Waals surface area contributed by atoms with E-state index in [1.54, 1.807) is 10.9 Å². The highest BCUT2D eigenvalue weighted by molar-refractivity contribution is 5.74. The van der Waals surface area contributed by atoms with Crippen molar-refractivity contribution in [2.24, 2.45) is 7.05 Å². The van der Waals surface area contributed by atoms with Gasteiger partial charge in [0.1, 0.15) is 0 Å². The second kappa shape index (κ2) is 4.33. The Kier molecular flexibility index (Phi) is 2.89. The van der Waals surface area contributed by atoms with E-state index in [1.807, 2.05) is 13.2 Å². The molecule has 2 N–H and O–H groups in total. The number of hydrogen-bond donors (Lipinski definition) is 2. The molecule has 5 nitrogen and oxygen atoms in total. The molecule has 1 aromatic heterocycles. The predicted molar refractivity (Wildman–Crippen MR) is 56.2 cm³/mol. The molecule has 0 aromatic carbocycles. The number of carbonyl (C=O) groups excluding carboxylic acids is 1. The molecular formula is C10H16N4O. The molecule has 1 heterocycles. The van der Waals surface area contributed by atoms with E-state index in [0.29, 0.717) is 12.6 Å². The van der Waals surface area contributed by atoms with Crippen LogP contribution in [0.1, 0.15) is 24.8 Å². The fourth-order valence-electron chi connectivity index (χ4n) is 1.53. The van der Waals surface area contributed by atoms with Crippen LogP contribution >= 0.6 is 0 Å². The van der Waals surface area contributed by atoms with E-state index in [9.17, 15) is 4.79 Å². The Hall–Kier alpha value is -1.52. The van der Waals surface area contributed by atoms with Gasteiger partial charge >= 0.3 is 6.03 Å². The first kappa shape index (κ1) is 10.0. The molecule has 0 aliphatic heterocycles. The minimum absolute atomic E-state index is 0.0800. The second-order valence-electron chi connectivity index (χ2n) is 3.98. The Morgan fingerprint density at radius 3 is 3.00 bits per heavy atom. The van der Waals surface area contributed by atoms with E-state index in [1.165, 1.54) is 6.42 Å². The molecule has 0 spiro atoms. The molecule has 0 bridgehead atoms. The predicted octanol–water partition coefficient (Wildman–Crippen LogP) is 0.772. The largest absolute Gasteiger partial charge is 0.335 e. The van der Waals surface area contributed by atoms with Crippen molar-refractivity contribution >= 4 is 6.03 Å². The standard InChI is InChI=1S/C10H16N4O/c1-14-7-8(6-12-14)5-11-10(15)13-9-3-2-4-9/h6-7,9H,2-5H2,1H3,(H2,11,13,15). The highest BCUT2D eigenvalue weighted by atomic mass is 16.2. The van der Waals surface area contributed by atoms with Crippen molar-refractivity contribution in [2.75, 3.05) is 0 Å². The average molecular weight is 208 g/mol. The maximum Gasteiger partial charge on any atom is 0.315 e. The first-order valence-electron chi connectivity index (χ1n) is 5.26. The van der Waals surface area contributed by atoms with Crippen molar-refractivity contribution in [1.82, 2.24) is 20.4 Å². The highest BCUT2D eigenvalue weighted by Gasteiger charge is 2.18. The van der Waals surface area contributed by atoms with E-state index >= 15 is 0 Å². The Bertz CT molecular complexity index is 343. The molecule has 0 saturated heterocycles. The van der Waals surface area contributed by atoms with Crippen LogP contribution in [0.5, 0.6) is 0 Å². The van der Waals surface area contributed by atoms with Crippen LogP contribution in [0, 0.1) is 0 Å². The number of aryl methyl sites for hydroxylation is 1. The summed E-state index contributed by atoms with van der Waals surface area (Å²) in [5.74, 6) is 0. The van der Waals surface area contributed by atoms with Gasteiger partial charge in [0.15, 0.2) is 0 Å². The summed E-state index contributed by atoms with van der Waals surface area (Å²) in [6.07, 6.45) is 7.10. The smallest absolute Gasteiger partial charge is 0.315 e. The highest BCUT2D eigenvalue weighted by Crippen LogP contribution is 2.17. The molecule has 1 saturated carbocycles. The molecule has 2 amide bonds. The molecule has 0 atom stereocenters. The maximum atomic E-state index is 11.4. The summed E-state index contributed by atoms with van der Waals surface area (Å²) in [4.78, 5) is 11.4. The molecule has 0 unspecified atom stereocenters. The third-order valence-corrected chi connectivity index (χ3v) is 2.65. The van der Waals surface area contributed by atoms with Crippen molar-refractivity contribution in [1.29, 1.82) is 0 Å². The summed E-state index contributed by atoms with van der Waals surface area (Å²) in [5.41, 5.74) is 1.02. The van der Waals surface area contributed by atoms with Crippen LogP contribution in [-0.4, -0.2) is 21.9 Å². The first-order chi connectivity index (χ1) is 7.24. The van der Waals surface area contributed by atoms with Gasteiger partial charge < -0.3 is 10.6 Å². The van der Waals surface area contributed by atoms with Crippen molar-refractivity contribution in [3.63, 3.8) is 0 Å². The van der Waals surface area contributed by atoms with Gasteiger partial charge in [0.05, 0.1) is 6.20 Å². The van der Waals surface area contributed by atoms with Gasteiger partial charge in [0, 0.05) is 31.4 Å². The van der Waals surface area contributed by atoms with Gasteiger partial charge in [-0.15, -0.1) is 0 Å². The third kappa shape index (κ3) is 2.71. The molecule has 15 heavy (non-hydrogen) atoms. The normalized spacial score (nSPS) is 15.8. The minimum Gasteiger partial charge on any atom is -0.335 e. The number of aromatic nitrogens is 2. The fourth-order valence-corrected chi connectivity index (χ4v) is 1.53. The number of rotatable bonds is 3. The average Bonchev–Trinajstić information content (AvgIpc) is 2.55. The Labute approximate surface area is 88.8 Å². The van der Waals surface area contributed by atoms with E-state index in [2.05, 4.69) is 15.7 Å². The van der Waals surface area contributed by atoms with Crippen LogP contribution in [0.2, 0.25) is 0 Å². The van der Waals surface area contributed by atoms with Crippen molar-refractivity contribution in [3.8, 4) is 0 Å². The van der Waals surface area contributed by atoms with Gasteiger partial charge in [0.25, 0.3) is 0 Å². The second-order valence-corrected chi connectivity index (χ2v) is 3.98. The summed E-state index contributed by atoms with van der Waals surface area (Å²) >= 11 is 0. The van der Waals surface area contributed by atoms with Gasteiger partial charge in [-0.3, -0.25) is 4.68 Å². The summed E-state index contributed by atoms with van der Waals surface area (Å²) in [6, 6.07) is 0.308. The maximum absolute atomic E-state index is 11.4. The van der Waals surface area contributed by atoms with Crippen molar-refractivity contribution in [2.45, 2.75) is 31.8 Å². The molecule has 1 aliphatic carbocycles. The molecule has 2 rings (SSSR count). The molecule has 1 aliphatic rings. The van der Waals surface area contributed by atoms with Crippen LogP contribution in [0.25, 0.3) is 0 Å². The minimum atomic E-state index is -0.0800. The molecule has 82 valence electrons. The van der Waals surface area contributed by atoms with Gasteiger partial charge in [-0.05, 0) is 19.3 Å². The monoisotopic (exact) mass is 208 g/mol. The van der Waals surface area contributed by atoms with Gasteiger partial charge in [-0.2, -0.15) is 5.10 Å². The van der Waals surface area contributed by atoms with E-state index in [0.717, 1.165) is 18.4 Å². The number of hydrogen-bond acceptors (Lipinski definition) is 2. The van der Waals surface area contributed by atoms with E-state index in [4.69, 9.17) is 0 Å². The van der Waals surface area contributed by atoms with Crippen LogP contribution in [0.4, 0.5) is 4.79 Å². The molecular weight excluding hydrogens is 192 g/mol. The number of amides is 2. The Morgan fingerprint density at radius 2 is 2.47 bits per heavy atom. The number of nitrogens with zero attached hydrogens (tertiary/aromatic N) is 2. The Morgan fingerprint density at radius 1 is 1.67 bits per heavy atom. The molecule has 1 fully saturated rings. The lowest BCUT2D eigenvalue weighted by atomic mass is 9.93. The van der Waals surface area contributed by atoms with Crippen molar-refractivity contribution in [3.05, 3.63) is 18.0 Å². The van der Waals surface area contributed by atoms with E-state index < -0.39 is 0 Å². The Balaban J connectivity index is 1.70.